The molecule has 0 spiro atoms. The standard InChI is InChI=1S/C19H29N3O2/c1-2-9-19(14-23)10-6-11-22(13-19)18(24)16-12-20-21-17(16)15-7-4-3-5-8-15/h2,12,15,23H,1,3-11,13-14H2,(H,20,21)/t19-/m1/s1. The summed E-state index contributed by atoms with van der Waals surface area (Å²) in [7, 11) is 0. The zero-order chi connectivity index (χ0) is 17.0. The van der Waals surface area contributed by atoms with Crippen LogP contribution in [-0.4, -0.2) is 45.8 Å². The lowest BCUT2D eigenvalue weighted by atomic mass is 9.77. The first kappa shape index (κ1) is 17.2. The first-order valence-electron chi connectivity index (χ1n) is 9.23. The summed E-state index contributed by atoms with van der Waals surface area (Å²) in [5.74, 6) is 0.492. The number of amides is 1. The SMILES string of the molecule is C=CC[C@@]1(CO)CCCN(C(=O)c2cn[nH]c2C2CCCCC2)C1. The van der Waals surface area contributed by atoms with Gasteiger partial charge in [0.2, 0.25) is 0 Å². The second kappa shape index (κ2) is 7.51. The number of aliphatic hydroxyl groups is 1. The number of aromatic amines is 1. The lowest BCUT2D eigenvalue weighted by Gasteiger charge is -2.41. The molecule has 0 radical (unpaired) electrons. The molecule has 1 saturated heterocycles. The number of nitrogens with one attached hydrogen (secondary N) is 1. The summed E-state index contributed by atoms with van der Waals surface area (Å²) in [5.41, 5.74) is 1.52. The van der Waals surface area contributed by atoms with Gasteiger partial charge in [-0.05, 0) is 32.1 Å². The van der Waals surface area contributed by atoms with E-state index in [4.69, 9.17) is 0 Å². The Morgan fingerprint density at radius 1 is 1.42 bits per heavy atom. The normalized spacial score (nSPS) is 25.6. The topological polar surface area (TPSA) is 69.2 Å². The molecule has 1 aliphatic heterocycles. The van der Waals surface area contributed by atoms with Gasteiger partial charge in [-0.2, -0.15) is 5.10 Å². The molecule has 2 fully saturated rings. The molecular weight excluding hydrogens is 302 g/mol. The Labute approximate surface area is 144 Å². The third-order valence-electron chi connectivity index (χ3n) is 5.77. The molecule has 1 aromatic heterocycles. The van der Waals surface area contributed by atoms with Crippen molar-refractivity contribution >= 4 is 5.91 Å². The Kier molecular flexibility index (Phi) is 5.39. The molecule has 5 nitrogen and oxygen atoms in total. The van der Waals surface area contributed by atoms with Crippen molar-refractivity contribution < 1.29 is 9.90 Å². The molecule has 132 valence electrons. The zero-order valence-corrected chi connectivity index (χ0v) is 14.5. The molecule has 1 aliphatic carbocycles. The number of likely N-dealkylation sites (tertiary alicyclic amines) is 1. The van der Waals surface area contributed by atoms with Crippen molar-refractivity contribution in [2.75, 3.05) is 19.7 Å². The van der Waals surface area contributed by atoms with Crippen LogP contribution in [0.2, 0.25) is 0 Å². The van der Waals surface area contributed by atoms with Gasteiger partial charge in [0, 0.05) is 24.4 Å². The smallest absolute Gasteiger partial charge is 0.257 e. The largest absolute Gasteiger partial charge is 0.396 e. The van der Waals surface area contributed by atoms with Crippen LogP contribution in [-0.2, 0) is 0 Å². The van der Waals surface area contributed by atoms with Gasteiger partial charge in [0.15, 0.2) is 0 Å². The molecule has 24 heavy (non-hydrogen) atoms. The van der Waals surface area contributed by atoms with E-state index in [1.807, 2.05) is 11.0 Å². The van der Waals surface area contributed by atoms with Crippen LogP contribution in [0.1, 0.15) is 73.3 Å². The number of carbonyl (C=O) groups is 1. The Morgan fingerprint density at radius 3 is 2.92 bits per heavy atom. The van der Waals surface area contributed by atoms with E-state index in [-0.39, 0.29) is 17.9 Å². The van der Waals surface area contributed by atoms with Crippen molar-refractivity contribution in [3.63, 3.8) is 0 Å². The molecule has 1 amide bonds. The first-order valence-corrected chi connectivity index (χ1v) is 9.23. The van der Waals surface area contributed by atoms with Crippen molar-refractivity contribution in [3.05, 3.63) is 30.1 Å². The van der Waals surface area contributed by atoms with Gasteiger partial charge < -0.3 is 10.0 Å². The quantitative estimate of drug-likeness (QED) is 0.814. The van der Waals surface area contributed by atoms with Gasteiger partial charge in [-0.1, -0.05) is 25.3 Å². The Hall–Kier alpha value is -1.62. The van der Waals surface area contributed by atoms with Gasteiger partial charge in [0.25, 0.3) is 5.91 Å². The molecule has 0 bridgehead atoms. The van der Waals surface area contributed by atoms with E-state index in [2.05, 4.69) is 16.8 Å². The minimum Gasteiger partial charge on any atom is -0.396 e. The third-order valence-corrected chi connectivity index (χ3v) is 5.77. The molecule has 5 heteroatoms. The third kappa shape index (κ3) is 3.41. The minimum absolute atomic E-state index is 0.0610. The number of nitrogens with zero attached hydrogens (tertiary/aromatic N) is 2. The molecule has 0 unspecified atom stereocenters. The van der Waals surface area contributed by atoms with E-state index >= 15 is 0 Å². The maximum absolute atomic E-state index is 13.1. The number of aliphatic hydroxyl groups excluding tert-OH is 1. The summed E-state index contributed by atoms with van der Waals surface area (Å²) >= 11 is 0. The van der Waals surface area contributed by atoms with Crippen LogP contribution in [0.3, 0.4) is 0 Å². The van der Waals surface area contributed by atoms with Gasteiger partial charge >= 0.3 is 0 Å². The molecule has 0 aromatic carbocycles. The van der Waals surface area contributed by atoms with E-state index in [9.17, 15) is 9.90 Å². The fourth-order valence-electron chi connectivity index (χ4n) is 4.39. The summed E-state index contributed by atoms with van der Waals surface area (Å²) in [6.07, 6.45) is 12.2. The molecule has 2 N–H and O–H groups in total. The van der Waals surface area contributed by atoms with Crippen molar-refractivity contribution in [1.82, 2.24) is 15.1 Å². The van der Waals surface area contributed by atoms with Gasteiger partial charge in [0.05, 0.1) is 24.1 Å². The van der Waals surface area contributed by atoms with Gasteiger partial charge in [0.1, 0.15) is 0 Å². The van der Waals surface area contributed by atoms with E-state index in [1.54, 1.807) is 6.20 Å². The van der Waals surface area contributed by atoms with Gasteiger partial charge in [-0.3, -0.25) is 9.89 Å². The predicted octanol–water partition coefficient (Wildman–Crippen LogP) is 3.25. The van der Waals surface area contributed by atoms with E-state index in [0.29, 0.717) is 12.5 Å². The number of hydrogen-bond donors (Lipinski definition) is 2. The van der Waals surface area contributed by atoms with Crippen LogP contribution in [0.5, 0.6) is 0 Å². The van der Waals surface area contributed by atoms with Crippen molar-refractivity contribution in [2.45, 2.75) is 57.3 Å². The van der Waals surface area contributed by atoms with Crippen molar-refractivity contribution in [3.8, 4) is 0 Å². The average molecular weight is 331 g/mol. The number of carbonyl (C=O) groups excluding carboxylic acids is 1. The maximum atomic E-state index is 13.1. The van der Waals surface area contributed by atoms with Gasteiger partial charge in [-0.15, -0.1) is 6.58 Å². The predicted molar refractivity (Wildman–Crippen MR) is 93.9 cm³/mol. The zero-order valence-electron chi connectivity index (χ0n) is 14.5. The average Bonchev–Trinajstić information content (AvgIpc) is 3.12. The number of aromatic nitrogens is 2. The van der Waals surface area contributed by atoms with Crippen LogP contribution < -0.4 is 0 Å². The summed E-state index contributed by atoms with van der Waals surface area (Å²) in [6.45, 7) is 5.27. The highest BCUT2D eigenvalue weighted by atomic mass is 16.3. The molecular formula is C19H29N3O2. The second-order valence-corrected chi connectivity index (χ2v) is 7.51. The Bertz CT molecular complexity index is 577. The highest BCUT2D eigenvalue weighted by molar-refractivity contribution is 5.95. The molecule has 1 atom stereocenters. The van der Waals surface area contributed by atoms with Crippen LogP contribution in [0.15, 0.2) is 18.9 Å². The number of allylic oxidation sites excluding steroid dienone is 1. The fraction of sp³-hybridized carbons (Fsp3) is 0.684. The van der Waals surface area contributed by atoms with Crippen molar-refractivity contribution in [1.29, 1.82) is 0 Å². The number of H-pyrrole nitrogens is 1. The Balaban J connectivity index is 1.77. The van der Waals surface area contributed by atoms with Crippen LogP contribution in [0, 0.1) is 5.41 Å². The fourth-order valence-corrected chi connectivity index (χ4v) is 4.39. The molecule has 2 aliphatic rings. The van der Waals surface area contributed by atoms with Crippen molar-refractivity contribution in [2.24, 2.45) is 5.41 Å². The Morgan fingerprint density at radius 2 is 2.21 bits per heavy atom. The summed E-state index contributed by atoms with van der Waals surface area (Å²) in [6, 6.07) is 0. The molecule has 1 aromatic rings. The lowest BCUT2D eigenvalue weighted by molar-refractivity contribution is 0.0284. The summed E-state index contributed by atoms with van der Waals surface area (Å²) < 4.78 is 0. The molecule has 2 heterocycles. The number of hydrogen-bond acceptors (Lipinski definition) is 3. The lowest BCUT2D eigenvalue weighted by Crippen LogP contribution is -2.47. The van der Waals surface area contributed by atoms with Gasteiger partial charge in [-0.25, -0.2) is 0 Å². The second-order valence-electron chi connectivity index (χ2n) is 7.51. The van der Waals surface area contributed by atoms with E-state index in [0.717, 1.165) is 49.9 Å². The summed E-state index contributed by atoms with van der Waals surface area (Å²) in [4.78, 5) is 15.0. The maximum Gasteiger partial charge on any atom is 0.257 e. The van der Waals surface area contributed by atoms with Crippen LogP contribution in [0.25, 0.3) is 0 Å². The molecule has 3 rings (SSSR count). The minimum atomic E-state index is -0.232. The molecule has 1 saturated carbocycles. The summed E-state index contributed by atoms with van der Waals surface area (Å²) in [5, 5.41) is 17.1. The number of piperidine rings is 1. The highest BCUT2D eigenvalue weighted by Gasteiger charge is 2.37. The van der Waals surface area contributed by atoms with Crippen LogP contribution >= 0.6 is 0 Å². The van der Waals surface area contributed by atoms with Crippen LogP contribution in [0.4, 0.5) is 0 Å². The monoisotopic (exact) mass is 331 g/mol. The number of rotatable bonds is 5. The highest BCUT2D eigenvalue weighted by Crippen LogP contribution is 2.36. The first-order chi connectivity index (χ1) is 11.7. The van der Waals surface area contributed by atoms with E-state index < -0.39 is 0 Å². The van der Waals surface area contributed by atoms with E-state index in [1.165, 1.54) is 19.3 Å².